The maximum Gasteiger partial charge on any atom is 0.263 e. The average molecular weight is 182 g/mol. The third-order valence-corrected chi connectivity index (χ3v) is 1.62. The van der Waals surface area contributed by atoms with Crippen LogP contribution >= 0.6 is 0 Å². The minimum Gasteiger partial charge on any atom is -0.483 e. The second-order valence-electron chi connectivity index (χ2n) is 2.50. The van der Waals surface area contributed by atoms with Crippen LogP contribution in [0.1, 0.15) is 0 Å². The van der Waals surface area contributed by atoms with Crippen molar-refractivity contribution in [3.05, 3.63) is 24.0 Å². The number of amides is 1. The number of carbonyl (C=O) groups is 2. The fraction of sp³-hybridized carbons (Fsp3) is 0.250. The Morgan fingerprint density at radius 1 is 1.54 bits per heavy atom. The van der Waals surface area contributed by atoms with Gasteiger partial charge in [0, 0.05) is 5.57 Å². The van der Waals surface area contributed by atoms with E-state index < -0.39 is 12.0 Å². The Balaban J connectivity index is 2.89. The van der Waals surface area contributed by atoms with E-state index in [1.165, 1.54) is 18.4 Å². The lowest BCUT2D eigenvalue weighted by molar-refractivity contribution is -0.127. The standard InChI is InChI=1S/C8H10N2O3/c9-4-6(11)5-2-1-3-13-7(5)8(10)12/h1-3,7H,4,9H2,(H2,10,12). The molecule has 4 N–H and O–H groups in total. The number of rotatable bonds is 3. The van der Waals surface area contributed by atoms with Crippen LogP contribution in [-0.4, -0.2) is 24.3 Å². The van der Waals surface area contributed by atoms with Crippen LogP contribution in [0.15, 0.2) is 24.0 Å². The van der Waals surface area contributed by atoms with E-state index in [0.29, 0.717) is 0 Å². The molecule has 1 rings (SSSR count). The Kier molecular flexibility index (Phi) is 2.81. The predicted octanol–water partition coefficient (Wildman–Crippen LogP) is -1.16. The van der Waals surface area contributed by atoms with Crippen molar-refractivity contribution in [1.29, 1.82) is 0 Å². The van der Waals surface area contributed by atoms with E-state index >= 15 is 0 Å². The molecule has 0 aromatic rings. The molecular weight excluding hydrogens is 172 g/mol. The zero-order chi connectivity index (χ0) is 9.84. The Morgan fingerprint density at radius 3 is 2.77 bits per heavy atom. The Labute approximate surface area is 75.0 Å². The van der Waals surface area contributed by atoms with Gasteiger partial charge in [0.1, 0.15) is 0 Å². The summed E-state index contributed by atoms with van der Waals surface area (Å²) >= 11 is 0. The van der Waals surface area contributed by atoms with Crippen LogP contribution in [0.25, 0.3) is 0 Å². The topological polar surface area (TPSA) is 95.4 Å². The van der Waals surface area contributed by atoms with Crippen molar-refractivity contribution in [1.82, 2.24) is 0 Å². The van der Waals surface area contributed by atoms with Gasteiger partial charge in [-0.2, -0.15) is 0 Å². The van der Waals surface area contributed by atoms with Crippen LogP contribution < -0.4 is 11.5 Å². The Morgan fingerprint density at radius 2 is 2.23 bits per heavy atom. The number of primary amides is 1. The number of hydrogen-bond donors (Lipinski definition) is 2. The fourth-order valence-corrected chi connectivity index (χ4v) is 1.00. The number of ether oxygens (including phenoxy) is 1. The maximum absolute atomic E-state index is 11.2. The molecule has 1 aliphatic rings. The average Bonchev–Trinajstić information content (AvgIpc) is 2.16. The molecular formula is C8H10N2O3. The highest BCUT2D eigenvalue weighted by Gasteiger charge is 2.26. The summed E-state index contributed by atoms with van der Waals surface area (Å²) in [6.45, 7) is -0.160. The van der Waals surface area contributed by atoms with E-state index in [-0.39, 0.29) is 17.9 Å². The number of Topliss-reactive ketones (excluding diaryl/α,β-unsaturated/α-hetero) is 1. The Bertz CT molecular complexity index is 294. The van der Waals surface area contributed by atoms with E-state index in [1.807, 2.05) is 0 Å². The van der Waals surface area contributed by atoms with Gasteiger partial charge in [-0.3, -0.25) is 9.59 Å². The van der Waals surface area contributed by atoms with Gasteiger partial charge in [-0.1, -0.05) is 0 Å². The van der Waals surface area contributed by atoms with E-state index in [1.54, 1.807) is 0 Å². The van der Waals surface area contributed by atoms with Crippen molar-refractivity contribution in [3.63, 3.8) is 0 Å². The lowest BCUT2D eigenvalue weighted by Crippen LogP contribution is -2.37. The Hall–Kier alpha value is -1.62. The van der Waals surface area contributed by atoms with Crippen molar-refractivity contribution in [2.45, 2.75) is 6.10 Å². The van der Waals surface area contributed by atoms with Gasteiger partial charge in [0.2, 0.25) is 6.10 Å². The van der Waals surface area contributed by atoms with Gasteiger partial charge >= 0.3 is 0 Å². The summed E-state index contributed by atoms with van der Waals surface area (Å²) < 4.78 is 4.88. The van der Waals surface area contributed by atoms with E-state index in [4.69, 9.17) is 16.2 Å². The molecule has 0 radical (unpaired) electrons. The lowest BCUT2D eigenvalue weighted by atomic mass is 10.0. The summed E-state index contributed by atoms with van der Waals surface area (Å²) in [5.74, 6) is -1.04. The summed E-state index contributed by atoms with van der Waals surface area (Å²) in [5.41, 5.74) is 10.4. The number of nitrogens with two attached hydrogens (primary N) is 2. The molecule has 0 bridgehead atoms. The van der Waals surface area contributed by atoms with Crippen LogP contribution in [0.2, 0.25) is 0 Å². The molecule has 0 saturated heterocycles. The largest absolute Gasteiger partial charge is 0.483 e. The zero-order valence-electron chi connectivity index (χ0n) is 6.90. The van der Waals surface area contributed by atoms with Gasteiger partial charge in [-0.05, 0) is 12.2 Å². The van der Waals surface area contributed by atoms with Crippen LogP contribution in [0.3, 0.4) is 0 Å². The molecule has 0 spiro atoms. The third-order valence-electron chi connectivity index (χ3n) is 1.62. The second kappa shape index (κ2) is 3.86. The number of allylic oxidation sites excluding steroid dienone is 2. The summed E-state index contributed by atoms with van der Waals surface area (Å²) in [4.78, 5) is 22.0. The zero-order valence-corrected chi connectivity index (χ0v) is 6.90. The molecule has 1 unspecified atom stereocenters. The van der Waals surface area contributed by atoms with Gasteiger partial charge in [-0.25, -0.2) is 0 Å². The minimum atomic E-state index is -0.999. The first-order valence-electron chi connectivity index (χ1n) is 3.71. The van der Waals surface area contributed by atoms with Gasteiger partial charge < -0.3 is 16.2 Å². The monoisotopic (exact) mass is 182 g/mol. The normalized spacial score (nSPS) is 20.4. The fourth-order valence-electron chi connectivity index (χ4n) is 1.00. The van der Waals surface area contributed by atoms with Crippen molar-refractivity contribution in [2.24, 2.45) is 11.5 Å². The molecule has 13 heavy (non-hydrogen) atoms. The van der Waals surface area contributed by atoms with Crippen LogP contribution in [0.4, 0.5) is 0 Å². The first-order valence-corrected chi connectivity index (χ1v) is 3.71. The molecule has 1 amide bonds. The smallest absolute Gasteiger partial charge is 0.263 e. The van der Waals surface area contributed by atoms with Crippen molar-refractivity contribution in [3.8, 4) is 0 Å². The summed E-state index contributed by atoms with van der Waals surface area (Å²) in [5, 5.41) is 0. The molecule has 0 saturated carbocycles. The third kappa shape index (κ3) is 1.94. The molecule has 0 aliphatic carbocycles. The van der Waals surface area contributed by atoms with Gasteiger partial charge in [-0.15, -0.1) is 0 Å². The van der Waals surface area contributed by atoms with Crippen LogP contribution in [-0.2, 0) is 14.3 Å². The minimum absolute atomic E-state index is 0.160. The summed E-state index contributed by atoms with van der Waals surface area (Å²) in [6, 6.07) is 0. The molecule has 1 heterocycles. The molecule has 1 atom stereocenters. The highest BCUT2D eigenvalue weighted by Crippen LogP contribution is 2.12. The van der Waals surface area contributed by atoms with E-state index in [2.05, 4.69) is 0 Å². The number of hydrogen-bond acceptors (Lipinski definition) is 4. The highest BCUT2D eigenvalue weighted by atomic mass is 16.5. The molecule has 0 aromatic heterocycles. The number of ketones is 1. The molecule has 5 nitrogen and oxygen atoms in total. The van der Waals surface area contributed by atoms with Gasteiger partial charge in [0.15, 0.2) is 5.78 Å². The van der Waals surface area contributed by atoms with E-state index in [9.17, 15) is 9.59 Å². The molecule has 5 heteroatoms. The van der Waals surface area contributed by atoms with Crippen LogP contribution in [0.5, 0.6) is 0 Å². The highest BCUT2D eigenvalue weighted by molar-refractivity contribution is 6.04. The van der Waals surface area contributed by atoms with Crippen molar-refractivity contribution in [2.75, 3.05) is 6.54 Å². The maximum atomic E-state index is 11.2. The van der Waals surface area contributed by atoms with E-state index in [0.717, 1.165) is 0 Å². The SMILES string of the molecule is NCC(=O)C1=CC=COC1C(N)=O. The second-order valence-corrected chi connectivity index (χ2v) is 2.50. The summed E-state index contributed by atoms with van der Waals surface area (Å²) in [6.07, 6.45) is 3.31. The predicted molar refractivity (Wildman–Crippen MR) is 45.4 cm³/mol. The quantitative estimate of drug-likeness (QED) is 0.575. The molecule has 1 aliphatic heterocycles. The number of carbonyl (C=O) groups excluding carboxylic acids is 2. The molecule has 0 aromatic carbocycles. The van der Waals surface area contributed by atoms with Crippen LogP contribution in [0, 0.1) is 0 Å². The van der Waals surface area contributed by atoms with Gasteiger partial charge in [0.25, 0.3) is 5.91 Å². The summed E-state index contributed by atoms with van der Waals surface area (Å²) in [7, 11) is 0. The lowest BCUT2D eigenvalue weighted by Gasteiger charge is -2.17. The first-order chi connectivity index (χ1) is 6.16. The first kappa shape index (κ1) is 9.47. The molecule has 70 valence electrons. The van der Waals surface area contributed by atoms with Crippen molar-refractivity contribution >= 4 is 11.7 Å². The van der Waals surface area contributed by atoms with Gasteiger partial charge in [0.05, 0.1) is 12.8 Å². The molecule has 0 fully saturated rings. The van der Waals surface area contributed by atoms with Crippen molar-refractivity contribution < 1.29 is 14.3 Å².